The lowest BCUT2D eigenvalue weighted by molar-refractivity contribution is -0.161. The van der Waals surface area contributed by atoms with Crippen LogP contribution in [0.15, 0.2) is 48.6 Å². The van der Waals surface area contributed by atoms with Gasteiger partial charge in [0.25, 0.3) is 0 Å². The molecular formula is C64H117O11P. The number of hydrogen-bond donors (Lipinski definition) is 2. The number of hydrogen-bond acceptors (Lipinski definition) is 10. The van der Waals surface area contributed by atoms with Crippen LogP contribution in [0, 0.1) is 0 Å². The molecule has 0 amide bonds. The van der Waals surface area contributed by atoms with Crippen LogP contribution in [0.5, 0.6) is 0 Å². The second-order valence-corrected chi connectivity index (χ2v) is 22.7. The van der Waals surface area contributed by atoms with Crippen molar-refractivity contribution in [3.05, 3.63) is 48.6 Å². The van der Waals surface area contributed by atoms with Gasteiger partial charge in [-0.25, -0.2) is 4.57 Å². The smallest absolute Gasteiger partial charge is 0.462 e. The van der Waals surface area contributed by atoms with Gasteiger partial charge in [0, 0.05) is 19.3 Å². The van der Waals surface area contributed by atoms with Crippen molar-refractivity contribution < 1.29 is 52.2 Å². The minimum atomic E-state index is -4.75. The summed E-state index contributed by atoms with van der Waals surface area (Å²) in [6, 6.07) is 0. The first-order chi connectivity index (χ1) is 37.2. The normalized spacial score (nSPS) is 13.6. The fourth-order valence-electron chi connectivity index (χ4n) is 9.00. The number of unbranched alkanes of at least 4 members (excludes halogenated alkanes) is 34. The minimum Gasteiger partial charge on any atom is -0.462 e. The molecule has 0 spiro atoms. The van der Waals surface area contributed by atoms with Crippen molar-refractivity contribution in [1.82, 2.24) is 0 Å². The summed E-state index contributed by atoms with van der Waals surface area (Å²) >= 11 is 0. The average Bonchev–Trinajstić information content (AvgIpc) is 3.41. The molecule has 0 aromatic heterocycles. The highest BCUT2D eigenvalue weighted by Gasteiger charge is 2.28. The van der Waals surface area contributed by atoms with Gasteiger partial charge in [0.1, 0.15) is 12.7 Å². The van der Waals surface area contributed by atoms with E-state index in [9.17, 15) is 28.9 Å². The number of aliphatic hydroxyl groups excluding tert-OH is 1. The third-order valence-corrected chi connectivity index (χ3v) is 14.7. The Morgan fingerprint density at radius 2 is 0.684 bits per heavy atom. The standard InChI is InChI=1S/C64H117O11P/c1-4-7-10-13-16-19-22-24-26-28-30-32-34-36-39-42-45-48-51-54-63(67)74-60(56-65)58-72-76(69,70)73-59-61(57-71-62(66)53-50-47-44-41-38-21-18-15-12-9-6-3)75-64(68)55-52-49-46-43-40-37-35-33-31-29-27-25-23-20-17-14-11-8-5-2/h8,11,17,20,25,27,31,33,60-61,65H,4-7,9-10,12-16,18-19,21-24,26,28-30,32,34-59H2,1-3H3,(H,69,70)/b11-8-,20-17-,27-25-,33-31-. The number of ether oxygens (including phenoxy) is 3. The van der Waals surface area contributed by atoms with Crippen molar-refractivity contribution in [2.45, 2.75) is 315 Å². The van der Waals surface area contributed by atoms with Gasteiger partial charge in [-0.3, -0.25) is 23.4 Å². The molecule has 3 unspecified atom stereocenters. The lowest BCUT2D eigenvalue weighted by Gasteiger charge is -2.21. The molecule has 12 heteroatoms. The van der Waals surface area contributed by atoms with Crippen LogP contribution < -0.4 is 0 Å². The fraction of sp³-hybridized carbons (Fsp3) is 0.828. The molecule has 0 heterocycles. The summed E-state index contributed by atoms with van der Waals surface area (Å²) in [6.45, 7) is 4.57. The molecule has 11 nitrogen and oxygen atoms in total. The lowest BCUT2D eigenvalue weighted by Crippen LogP contribution is -2.30. The molecule has 0 fully saturated rings. The zero-order valence-corrected chi connectivity index (χ0v) is 50.1. The number of esters is 3. The summed E-state index contributed by atoms with van der Waals surface area (Å²) in [6.07, 6.45) is 63.5. The molecule has 3 atom stereocenters. The Balaban J connectivity index is 4.61. The second kappa shape index (κ2) is 58.6. The van der Waals surface area contributed by atoms with E-state index in [0.717, 1.165) is 103 Å². The molecule has 0 aromatic carbocycles. The number of phosphoric acid groups is 1. The van der Waals surface area contributed by atoms with E-state index in [1.54, 1.807) is 0 Å². The molecule has 2 N–H and O–H groups in total. The Hall–Kier alpha value is -2.56. The summed E-state index contributed by atoms with van der Waals surface area (Å²) in [5.74, 6) is -1.46. The van der Waals surface area contributed by atoms with Crippen molar-refractivity contribution in [3.8, 4) is 0 Å². The van der Waals surface area contributed by atoms with Crippen LogP contribution in [-0.4, -0.2) is 66.5 Å². The molecule has 444 valence electrons. The third kappa shape index (κ3) is 56.2. The Bertz CT molecular complexity index is 1460. The van der Waals surface area contributed by atoms with E-state index >= 15 is 0 Å². The fourth-order valence-corrected chi connectivity index (χ4v) is 9.78. The predicted octanol–water partition coefficient (Wildman–Crippen LogP) is 18.9. The second-order valence-electron chi connectivity index (χ2n) is 21.2. The number of allylic oxidation sites excluding steroid dienone is 8. The zero-order chi connectivity index (χ0) is 55.5. The Morgan fingerprint density at radius 1 is 0.382 bits per heavy atom. The average molecular weight is 1090 g/mol. The van der Waals surface area contributed by atoms with Crippen LogP contribution in [0.4, 0.5) is 0 Å². The van der Waals surface area contributed by atoms with E-state index in [1.807, 2.05) is 0 Å². The molecule has 0 aliphatic carbocycles. The summed E-state index contributed by atoms with van der Waals surface area (Å²) < 4.78 is 39.6. The van der Waals surface area contributed by atoms with E-state index in [2.05, 4.69) is 69.4 Å². The van der Waals surface area contributed by atoms with E-state index in [1.165, 1.54) is 141 Å². The molecule has 0 rings (SSSR count). The van der Waals surface area contributed by atoms with Gasteiger partial charge >= 0.3 is 25.7 Å². The third-order valence-electron chi connectivity index (χ3n) is 13.8. The first-order valence-electron chi connectivity index (χ1n) is 31.5. The maximum Gasteiger partial charge on any atom is 0.472 e. The van der Waals surface area contributed by atoms with Gasteiger partial charge < -0.3 is 24.2 Å². The number of carbonyl (C=O) groups excluding carboxylic acids is 3. The summed E-state index contributed by atoms with van der Waals surface area (Å²) in [5.41, 5.74) is 0. The number of aliphatic hydroxyl groups is 1. The van der Waals surface area contributed by atoms with E-state index in [-0.39, 0.29) is 25.9 Å². The minimum absolute atomic E-state index is 0.154. The first kappa shape index (κ1) is 73.4. The Kier molecular flexibility index (Phi) is 56.6. The summed E-state index contributed by atoms with van der Waals surface area (Å²) in [7, 11) is -4.75. The SMILES string of the molecule is CC/C=C\C/C=C\C/C=C\C/C=C\CCCCCCCCC(=O)OC(COC(=O)CCCCCCCCCCCCC)COP(=O)(O)OCC(CO)OC(=O)CCCCCCCCCCCCCCCCCCCCC. The van der Waals surface area contributed by atoms with Crippen LogP contribution in [-0.2, 0) is 42.2 Å². The first-order valence-corrected chi connectivity index (χ1v) is 33.0. The van der Waals surface area contributed by atoms with E-state index in [4.69, 9.17) is 23.3 Å². The van der Waals surface area contributed by atoms with Gasteiger partial charge in [-0.1, -0.05) is 275 Å². The molecule has 0 aromatic rings. The summed E-state index contributed by atoms with van der Waals surface area (Å²) in [4.78, 5) is 48.6. The lowest BCUT2D eigenvalue weighted by atomic mass is 10.0. The Morgan fingerprint density at radius 3 is 1.05 bits per heavy atom. The monoisotopic (exact) mass is 1090 g/mol. The van der Waals surface area contributed by atoms with Crippen molar-refractivity contribution in [2.24, 2.45) is 0 Å². The van der Waals surface area contributed by atoms with Crippen LogP contribution in [0.1, 0.15) is 303 Å². The van der Waals surface area contributed by atoms with Crippen molar-refractivity contribution in [3.63, 3.8) is 0 Å². The van der Waals surface area contributed by atoms with Crippen molar-refractivity contribution in [1.29, 1.82) is 0 Å². The molecule has 0 aliphatic heterocycles. The molecular weight excluding hydrogens is 976 g/mol. The largest absolute Gasteiger partial charge is 0.472 e. The molecule has 0 aliphatic rings. The predicted molar refractivity (Wildman–Crippen MR) is 316 cm³/mol. The van der Waals surface area contributed by atoms with Crippen molar-refractivity contribution >= 4 is 25.7 Å². The molecule has 0 saturated heterocycles. The molecule has 76 heavy (non-hydrogen) atoms. The van der Waals surface area contributed by atoms with Gasteiger partial charge in [-0.05, 0) is 57.8 Å². The van der Waals surface area contributed by atoms with Gasteiger partial charge in [0.05, 0.1) is 19.8 Å². The van der Waals surface area contributed by atoms with Gasteiger partial charge in [0.15, 0.2) is 6.10 Å². The maximum atomic E-state index is 12.9. The number of carbonyl (C=O) groups is 3. The topological polar surface area (TPSA) is 155 Å². The van der Waals surface area contributed by atoms with E-state index < -0.39 is 57.8 Å². The highest BCUT2D eigenvalue weighted by atomic mass is 31.2. The highest BCUT2D eigenvalue weighted by molar-refractivity contribution is 7.47. The van der Waals surface area contributed by atoms with Crippen molar-refractivity contribution in [2.75, 3.05) is 26.4 Å². The zero-order valence-electron chi connectivity index (χ0n) is 49.2. The number of phosphoric ester groups is 1. The van der Waals surface area contributed by atoms with Crippen LogP contribution in [0.2, 0.25) is 0 Å². The Labute approximate surface area is 466 Å². The quantitative estimate of drug-likeness (QED) is 0.0197. The maximum absolute atomic E-state index is 12.9. The van der Waals surface area contributed by atoms with Crippen LogP contribution in [0.25, 0.3) is 0 Å². The molecule has 0 radical (unpaired) electrons. The highest BCUT2D eigenvalue weighted by Crippen LogP contribution is 2.43. The van der Waals surface area contributed by atoms with Crippen LogP contribution >= 0.6 is 7.82 Å². The number of rotatable bonds is 59. The van der Waals surface area contributed by atoms with Crippen LogP contribution in [0.3, 0.4) is 0 Å². The van der Waals surface area contributed by atoms with E-state index in [0.29, 0.717) is 19.3 Å². The van der Waals surface area contributed by atoms with Gasteiger partial charge in [0.2, 0.25) is 0 Å². The molecule has 0 saturated carbocycles. The molecule has 0 bridgehead atoms. The van der Waals surface area contributed by atoms with Gasteiger partial charge in [-0.15, -0.1) is 0 Å². The summed E-state index contributed by atoms with van der Waals surface area (Å²) in [5, 5.41) is 9.85. The van der Waals surface area contributed by atoms with Gasteiger partial charge in [-0.2, -0.15) is 0 Å².